The zero-order valence-corrected chi connectivity index (χ0v) is 16.1. The van der Waals surface area contributed by atoms with Gasteiger partial charge in [0.15, 0.2) is 5.66 Å². The van der Waals surface area contributed by atoms with Crippen molar-refractivity contribution in [3.8, 4) is 0 Å². The summed E-state index contributed by atoms with van der Waals surface area (Å²) in [5.41, 5.74) is -0.0167. The van der Waals surface area contributed by atoms with Crippen molar-refractivity contribution in [1.29, 1.82) is 0 Å². The lowest BCUT2D eigenvalue weighted by Gasteiger charge is -2.03. The van der Waals surface area contributed by atoms with Crippen molar-refractivity contribution < 1.29 is 9.46 Å². The van der Waals surface area contributed by atoms with Crippen LogP contribution in [0.2, 0.25) is 0 Å². The van der Waals surface area contributed by atoms with Crippen molar-refractivity contribution in [1.82, 2.24) is 0 Å². The van der Waals surface area contributed by atoms with Gasteiger partial charge in [0.05, 0.1) is 0 Å². The predicted molar refractivity (Wildman–Crippen MR) is 98.8 cm³/mol. The summed E-state index contributed by atoms with van der Waals surface area (Å²) >= 11 is 0. The third-order valence-corrected chi connectivity index (χ3v) is 5.61. The van der Waals surface area contributed by atoms with Crippen molar-refractivity contribution in [2.45, 2.75) is 122 Å². The summed E-state index contributed by atoms with van der Waals surface area (Å²) < 4.78 is 10.8. The molecule has 0 aliphatic heterocycles. The number of hydrogen-bond donors (Lipinski definition) is 1. The molecule has 0 aromatic rings. The first kappa shape index (κ1) is 22.1. The van der Waals surface area contributed by atoms with Gasteiger partial charge in [0.25, 0.3) is 0 Å². The van der Waals surface area contributed by atoms with Gasteiger partial charge in [-0.2, -0.15) is 4.89 Å². The smallest absolute Gasteiger partial charge is 0.161 e. The summed E-state index contributed by atoms with van der Waals surface area (Å²) in [5, 5.41) is 0. The molecule has 0 aliphatic carbocycles. The van der Waals surface area contributed by atoms with E-state index in [1.165, 1.54) is 89.9 Å². The van der Waals surface area contributed by atoms with E-state index in [1.807, 2.05) is 6.92 Å². The molecule has 132 valence electrons. The Bertz CT molecular complexity index is 244. The average Bonchev–Trinajstić information content (AvgIpc) is 2.50. The maximum absolute atomic E-state index is 10.8. The van der Waals surface area contributed by atoms with Crippen LogP contribution in [0.5, 0.6) is 0 Å². The molecule has 0 rings (SSSR count). The van der Waals surface area contributed by atoms with E-state index < -0.39 is 8.03 Å². The van der Waals surface area contributed by atoms with Gasteiger partial charge in [-0.25, -0.2) is 0 Å². The van der Waals surface area contributed by atoms with Crippen LogP contribution in [0.15, 0.2) is 0 Å². The van der Waals surface area contributed by atoms with E-state index in [0.717, 1.165) is 12.8 Å². The minimum absolute atomic E-state index is 0.0167. The van der Waals surface area contributed by atoms with E-state index in [-0.39, 0.29) is 5.66 Å². The van der Waals surface area contributed by atoms with Crippen molar-refractivity contribution in [2.24, 2.45) is 0 Å². The van der Waals surface area contributed by atoms with Crippen LogP contribution in [0.25, 0.3) is 0 Å². The second kappa shape index (κ2) is 17.4. The van der Waals surface area contributed by atoms with Crippen LogP contribution in [-0.4, -0.2) is 10.6 Å². The molecule has 0 saturated heterocycles. The van der Waals surface area contributed by atoms with Crippen LogP contribution in [0.3, 0.4) is 0 Å². The van der Waals surface area contributed by atoms with Crippen LogP contribution in [0.4, 0.5) is 0 Å². The predicted octanol–water partition coefficient (Wildman–Crippen LogP) is 7.37. The fraction of sp³-hybridized carbons (Fsp3) is 1.00. The zero-order valence-electron chi connectivity index (χ0n) is 15.2. The van der Waals surface area contributed by atoms with Gasteiger partial charge in [0, 0.05) is 0 Å². The van der Waals surface area contributed by atoms with Crippen molar-refractivity contribution in [3.63, 3.8) is 0 Å². The molecule has 0 saturated carbocycles. The van der Waals surface area contributed by atoms with Gasteiger partial charge in [-0.15, -0.1) is 0 Å². The Balaban J connectivity index is 3.04. The molecule has 0 fully saturated rings. The minimum Gasteiger partial charge on any atom is -0.161 e. The van der Waals surface area contributed by atoms with Crippen LogP contribution >= 0.6 is 8.03 Å². The quantitative estimate of drug-likeness (QED) is 0.223. The summed E-state index contributed by atoms with van der Waals surface area (Å²) in [4.78, 5) is 8.95. The summed E-state index contributed by atoms with van der Waals surface area (Å²) in [6.07, 6.45) is 21.5. The summed E-state index contributed by atoms with van der Waals surface area (Å²) in [5.74, 6) is 0. The Morgan fingerprint density at radius 1 is 0.682 bits per heavy atom. The Labute approximate surface area is 140 Å². The molecule has 22 heavy (non-hydrogen) atoms. The lowest BCUT2D eigenvalue weighted by atomic mass is 10.0. The van der Waals surface area contributed by atoms with Gasteiger partial charge in [-0.3, -0.25) is 0 Å². The first-order chi connectivity index (χ1) is 10.7. The monoisotopic (exact) mass is 331 g/mol. The van der Waals surface area contributed by atoms with Gasteiger partial charge < -0.3 is 0 Å². The van der Waals surface area contributed by atoms with E-state index in [9.17, 15) is 4.57 Å². The van der Waals surface area contributed by atoms with E-state index in [4.69, 9.17) is 4.89 Å². The van der Waals surface area contributed by atoms with Crippen molar-refractivity contribution in [2.75, 3.05) is 0 Å². The van der Waals surface area contributed by atoms with Gasteiger partial charge in [-0.1, -0.05) is 96.8 Å². The molecule has 2 nitrogen and oxygen atoms in total. The molecule has 3 heteroatoms. The minimum atomic E-state index is -1.95. The summed E-state index contributed by atoms with van der Waals surface area (Å²) in [6, 6.07) is 0. The van der Waals surface area contributed by atoms with Crippen molar-refractivity contribution in [3.05, 3.63) is 0 Å². The summed E-state index contributed by atoms with van der Waals surface area (Å²) in [6.45, 7) is 4.15. The Hall–Kier alpha value is 0.0600. The molecule has 0 aromatic heterocycles. The molecule has 2 unspecified atom stereocenters. The number of unbranched alkanes of at least 4 members (excludes halogenated alkanes) is 14. The van der Waals surface area contributed by atoms with Crippen LogP contribution in [-0.2, 0) is 4.57 Å². The zero-order chi connectivity index (χ0) is 16.5. The lowest BCUT2D eigenvalue weighted by Crippen LogP contribution is -1.94. The average molecular weight is 332 g/mol. The maximum atomic E-state index is 10.8. The fourth-order valence-corrected chi connectivity index (χ4v) is 3.32. The lowest BCUT2D eigenvalue weighted by molar-refractivity contribution is 0.481. The molecule has 0 aliphatic rings. The Morgan fingerprint density at radius 2 is 1.00 bits per heavy atom. The maximum Gasteiger partial charge on any atom is 0.508 e. The highest BCUT2D eigenvalue weighted by atomic mass is 31.1. The molecule has 0 spiro atoms. The molecular weight excluding hydrogens is 291 g/mol. The van der Waals surface area contributed by atoms with Crippen LogP contribution in [0, 0.1) is 0 Å². The van der Waals surface area contributed by atoms with Crippen molar-refractivity contribution >= 4 is 8.03 Å². The summed E-state index contributed by atoms with van der Waals surface area (Å²) in [7, 11) is -1.95. The van der Waals surface area contributed by atoms with E-state index in [2.05, 4.69) is 6.92 Å². The van der Waals surface area contributed by atoms with Gasteiger partial charge >= 0.3 is 8.03 Å². The first-order valence-electron chi connectivity index (χ1n) is 9.83. The highest BCUT2D eigenvalue weighted by molar-refractivity contribution is 7.38. The van der Waals surface area contributed by atoms with Gasteiger partial charge in [-0.05, 0) is 24.3 Å². The topological polar surface area (TPSA) is 37.3 Å². The fourth-order valence-electron chi connectivity index (χ4n) is 2.92. The SMILES string of the molecule is CCCCCCCCCCCCCCCCCC(C)[P+](=O)O. The Morgan fingerprint density at radius 3 is 1.32 bits per heavy atom. The second-order valence-electron chi connectivity index (χ2n) is 6.89. The number of hydrogen-bond acceptors (Lipinski definition) is 1. The molecule has 0 bridgehead atoms. The molecular formula is C19H40O2P+. The van der Waals surface area contributed by atoms with Crippen LogP contribution < -0.4 is 0 Å². The van der Waals surface area contributed by atoms with Gasteiger partial charge in [0.2, 0.25) is 0 Å². The highest BCUT2D eigenvalue weighted by Gasteiger charge is 2.21. The molecule has 0 aromatic carbocycles. The molecule has 0 radical (unpaired) electrons. The Kier molecular flexibility index (Phi) is 17.5. The third-order valence-electron chi connectivity index (χ3n) is 4.60. The number of rotatable bonds is 17. The van der Waals surface area contributed by atoms with Gasteiger partial charge in [0.1, 0.15) is 0 Å². The standard InChI is InChI=1S/C19H39O2P/c1-3-4-5-6-7-8-9-10-11-12-13-14-15-16-17-18-19(2)22(20)21/h19H,3-18H2,1-2H3/p+1. The molecule has 0 amide bonds. The third kappa shape index (κ3) is 16.4. The molecule has 1 N–H and O–H groups in total. The highest BCUT2D eigenvalue weighted by Crippen LogP contribution is 2.26. The molecule has 0 heterocycles. The normalized spacial score (nSPS) is 13.3. The largest absolute Gasteiger partial charge is 0.508 e. The van der Waals surface area contributed by atoms with Crippen LogP contribution in [0.1, 0.15) is 117 Å². The van der Waals surface area contributed by atoms with E-state index >= 15 is 0 Å². The first-order valence-corrected chi connectivity index (χ1v) is 11.1. The molecule has 2 atom stereocenters. The van der Waals surface area contributed by atoms with E-state index in [1.54, 1.807) is 0 Å². The van der Waals surface area contributed by atoms with E-state index in [0.29, 0.717) is 0 Å². The second-order valence-corrected chi connectivity index (χ2v) is 8.38.